The van der Waals surface area contributed by atoms with Crippen LogP contribution in [0.15, 0.2) is 77.7 Å². The lowest BCUT2D eigenvalue weighted by Gasteiger charge is -2.10. The molecule has 0 fully saturated rings. The van der Waals surface area contributed by atoms with Crippen molar-refractivity contribution in [2.24, 2.45) is 0 Å². The summed E-state index contributed by atoms with van der Waals surface area (Å²) in [6.07, 6.45) is 0. The van der Waals surface area contributed by atoms with Crippen molar-refractivity contribution in [1.29, 1.82) is 0 Å². The number of benzene rings is 3. The number of rotatable bonds is 9. The molecular formula is C23H21NO7S. The fraction of sp³-hybridized carbons (Fsp3) is 0.130. The Morgan fingerprint density at radius 2 is 1.59 bits per heavy atom. The van der Waals surface area contributed by atoms with Gasteiger partial charge in [-0.3, -0.25) is 9.52 Å². The van der Waals surface area contributed by atoms with Gasteiger partial charge < -0.3 is 14.2 Å². The van der Waals surface area contributed by atoms with Crippen molar-refractivity contribution in [3.8, 4) is 11.5 Å². The normalized spacial score (nSPS) is 10.8. The van der Waals surface area contributed by atoms with Gasteiger partial charge in [-0.2, -0.15) is 0 Å². The predicted octanol–water partition coefficient (Wildman–Crippen LogP) is 3.54. The lowest BCUT2D eigenvalue weighted by atomic mass is 10.1. The maximum atomic E-state index is 12.7. The van der Waals surface area contributed by atoms with Crippen molar-refractivity contribution in [3.05, 3.63) is 83.9 Å². The quantitative estimate of drug-likeness (QED) is 0.388. The molecule has 9 heteroatoms. The van der Waals surface area contributed by atoms with Crippen LogP contribution in [0, 0.1) is 0 Å². The van der Waals surface area contributed by atoms with E-state index in [4.69, 9.17) is 14.2 Å². The summed E-state index contributed by atoms with van der Waals surface area (Å²) in [5, 5.41) is 0. The molecule has 166 valence electrons. The van der Waals surface area contributed by atoms with Crippen LogP contribution >= 0.6 is 0 Å². The molecule has 3 aromatic rings. The van der Waals surface area contributed by atoms with Crippen molar-refractivity contribution in [2.75, 3.05) is 25.5 Å². The van der Waals surface area contributed by atoms with Crippen LogP contribution in [0.25, 0.3) is 0 Å². The van der Waals surface area contributed by atoms with E-state index in [-0.39, 0.29) is 16.0 Å². The van der Waals surface area contributed by atoms with Crippen molar-refractivity contribution in [3.63, 3.8) is 0 Å². The molecule has 0 saturated carbocycles. The van der Waals surface area contributed by atoms with Crippen LogP contribution in [0.1, 0.15) is 20.7 Å². The molecule has 0 aliphatic rings. The number of Topliss-reactive ketones (excluding diaryl/α,β-unsaturated/α-hetero) is 1. The Labute approximate surface area is 185 Å². The second kappa shape index (κ2) is 9.97. The predicted molar refractivity (Wildman–Crippen MR) is 118 cm³/mol. The van der Waals surface area contributed by atoms with Gasteiger partial charge >= 0.3 is 5.97 Å². The summed E-state index contributed by atoms with van der Waals surface area (Å²) in [6.45, 7) is -0.514. The zero-order valence-electron chi connectivity index (χ0n) is 17.4. The summed E-state index contributed by atoms with van der Waals surface area (Å²) in [4.78, 5) is 24.6. The van der Waals surface area contributed by atoms with Crippen LogP contribution in [-0.4, -0.2) is 41.0 Å². The van der Waals surface area contributed by atoms with E-state index >= 15 is 0 Å². The van der Waals surface area contributed by atoms with Gasteiger partial charge in [-0.25, -0.2) is 13.2 Å². The molecule has 32 heavy (non-hydrogen) atoms. The van der Waals surface area contributed by atoms with Gasteiger partial charge in [0.25, 0.3) is 10.0 Å². The number of esters is 1. The molecule has 0 aliphatic heterocycles. The Bertz CT molecular complexity index is 1220. The van der Waals surface area contributed by atoms with Crippen molar-refractivity contribution in [1.82, 2.24) is 0 Å². The molecule has 8 nitrogen and oxygen atoms in total. The highest BCUT2D eigenvalue weighted by molar-refractivity contribution is 7.92. The zero-order valence-corrected chi connectivity index (χ0v) is 18.2. The van der Waals surface area contributed by atoms with E-state index in [0.717, 1.165) is 0 Å². The van der Waals surface area contributed by atoms with E-state index in [0.29, 0.717) is 17.2 Å². The zero-order chi connectivity index (χ0) is 23.1. The summed E-state index contributed by atoms with van der Waals surface area (Å²) < 4.78 is 43.1. The maximum absolute atomic E-state index is 12.7. The van der Waals surface area contributed by atoms with Crippen LogP contribution in [0.3, 0.4) is 0 Å². The smallest absolute Gasteiger partial charge is 0.338 e. The third-order valence-corrected chi connectivity index (χ3v) is 5.84. The van der Waals surface area contributed by atoms with E-state index in [1.807, 2.05) is 0 Å². The van der Waals surface area contributed by atoms with E-state index in [1.54, 1.807) is 48.5 Å². The summed E-state index contributed by atoms with van der Waals surface area (Å²) in [5.41, 5.74) is 0.611. The molecule has 0 atom stereocenters. The standard InChI is InChI=1S/C23H21NO7S/c1-29-18-12-10-17(11-13-18)24-32(27,28)19-7-5-6-16(14-19)23(26)31-15-21(25)20-8-3-4-9-22(20)30-2/h3-14,24H,15H2,1-2H3. The number of para-hydroxylation sites is 1. The second-order valence-electron chi connectivity index (χ2n) is 6.56. The van der Waals surface area contributed by atoms with Crippen molar-refractivity contribution in [2.45, 2.75) is 4.90 Å². The third kappa shape index (κ3) is 5.44. The minimum Gasteiger partial charge on any atom is -0.497 e. The molecule has 0 saturated heterocycles. The average Bonchev–Trinajstić information content (AvgIpc) is 2.82. The second-order valence-corrected chi connectivity index (χ2v) is 8.24. The first-order valence-corrected chi connectivity index (χ1v) is 10.9. The number of hydrogen-bond acceptors (Lipinski definition) is 7. The van der Waals surface area contributed by atoms with E-state index < -0.39 is 28.4 Å². The van der Waals surface area contributed by atoms with E-state index in [1.165, 1.54) is 38.5 Å². The highest BCUT2D eigenvalue weighted by Crippen LogP contribution is 2.21. The first-order chi connectivity index (χ1) is 15.3. The summed E-state index contributed by atoms with van der Waals surface area (Å²) in [7, 11) is -1.01. The molecule has 0 aromatic heterocycles. The van der Waals surface area contributed by atoms with Gasteiger partial charge in [-0.1, -0.05) is 18.2 Å². The third-order valence-electron chi connectivity index (χ3n) is 4.46. The lowest BCUT2D eigenvalue weighted by molar-refractivity contribution is 0.0473. The first-order valence-electron chi connectivity index (χ1n) is 9.44. The average molecular weight is 455 g/mol. The maximum Gasteiger partial charge on any atom is 0.338 e. The van der Waals surface area contributed by atoms with Crippen LogP contribution in [0.4, 0.5) is 5.69 Å². The Kier molecular flexibility index (Phi) is 7.11. The Morgan fingerprint density at radius 3 is 2.28 bits per heavy atom. The molecule has 0 unspecified atom stereocenters. The highest BCUT2D eigenvalue weighted by Gasteiger charge is 2.19. The molecule has 1 N–H and O–H groups in total. The molecule has 0 bridgehead atoms. The van der Waals surface area contributed by atoms with Gasteiger partial charge in [0.1, 0.15) is 11.5 Å². The summed E-state index contributed by atoms with van der Waals surface area (Å²) >= 11 is 0. The molecular weight excluding hydrogens is 434 g/mol. The SMILES string of the molecule is COc1ccc(NS(=O)(=O)c2cccc(C(=O)OCC(=O)c3ccccc3OC)c2)cc1. The van der Waals surface area contributed by atoms with Gasteiger partial charge in [0.15, 0.2) is 6.61 Å². The Hall–Kier alpha value is -3.85. The highest BCUT2D eigenvalue weighted by atomic mass is 32.2. The van der Waals surface area contributed by atoms with Crippen LogP contribution in [0.2, 0.25) is 0 Å². The van der Waals surface area contributed by atoms with Crippen LogP contribution < -0.4 is 14.2 Å². The topological polar surface area (TPSA) is 108 Å². The van der Waals surface area contributed by atoms with Crippen LogP contribution in [0.5, 0.6) is 11.5 Å². The minimum absolute atomic E-state index is 0.00423. The molecule has 0 aliphatic carbocycles. The number of nitrogens with one attached hydrogen (secondary N) is 1. The fourth-order valence-corrected chi connectivity index (χ4v) is 3.93. The number of carbonyl (C=O) groups is 2. The van der Waals surface area contributed by atoms with Gasteiger partial charge in [0, 0.05) is 5.69 Å². The van der Waals surface area contributed by atoms with Crippen molar-refractivity contribution < 1.29 is 32.2 Å². The van der Waals surface area contributed by atoms with E-state index in [2.05, 4.69) is 4.72 Å². The van der Waals surface area contributed by atoms with Crippen molar-refractivity contribution >= 4 is 27.5 Å². The number of ketones is 1. The number of ether oxygens (including phenoxy) is 3. The van der Waals surface area contributed by atoms with Gasteiger partial charge in [0.2, 0.25) is 5.78 Å². The monoisotopic (exact) mass is 455 g/mol. The molecule has 0 amide bonds. The van der Waals surface area contributed by atoms with Gasteiger partial charge in [-0.15, -0.1) is 0 Å². The fourth-order valence-electron chi connectivity index (χ4n) is 2.83. The van der Waals surface area contributed by atoms with Crippen LogP contribution in [-0.2, 0) is 14.8 Å². The summed E-state index contributed by atoms with van der Waals surface area (Å²) in [6, 6.07) is 18.3. The Balaban J connectivity index is 1.70. The number of anilines is 1. The molecule has 0 radical (unpaired) electrons. The first kappa shape index (κ1) is 22.8. The molecule has 3 aromatic carbocycles. The number of methoxy groups -OCH3 is 2. The number of hydrogen-bond donors (Lipinski definition) is 1. The lowest BCUT2D eigenvalue weighted by Crippen LogP contribution is -2.16. The largest absolute Gasteiger partial charge is 0.497 e. The van der Waals surface area contributed by atoms with Gasteiger partial charge in [-0.05, 0) is 54.6 Å². The number of sulfonamides is 1. The van der Waals surface area contributed by atoms with E-state index in [9.17, 15) is 18.0 Å². The van der Waals surface area contributed by atoms with Gasteiger partial charge in [0.05, 0.1) is 30.2 Å². The molecule has 0 spiro atoms. The molecule has 0 heterocycles. The molecule has 3 rings (SSSR count). The number of carbonyl (C=O) groups excluding carboxylic acids is 2. The minimum atomic E-state index is -3.95. The Morgan fingerprint density at radius 1 is 0.875 bits per heavy atom. The summed E-state index contributed by atoms with van der Waals surface area (Å²) in [5.74, 6) is -0.317.